The number of carbonyl (C=O) groups excluding carboxylic acids is 1. The highest BCUT2D eigenvalue weighted by Gasteiger charge is 2.50. The fourth-order valence-corrected chi connectivity index (χ4v) is 4.51. The summed E-state index contributed by atoms with van der Waals surface area (Å²) in [6.07, 6.45) is 0.247. The average molecular weight is 413 g/mol. The molecular weight excluding hydrogens is 396 g/mol. The topological polar surface area (TPSA) is 101 Å². The van der Waals surface area contributed by atoms with Crippen LogP contribution in [0.5, 0.6) is 11.5 Å². The molecular formula is C21H17ClN2O5. The van der Waals surface area contributed by atoms with Crippen molar-refractivity contribution in [3.8, 4) is 11.5 Å². The number of Topliss-reactive ketones (excluding diaryl/α,β-unsaturated/α-hetero) is 1. The lowest BCUT2D eigenvalue weighted by atomic mass is 9.76. The van der Waals surface area contributed by atoms with Crippen LogP contribution in [-0.2, 0) is 21.5 Å². The second-order valence-corrected chi connectivity index (χ2v) is 7.41. The Hall–Kier alpha value is -3.03. The van der Waals surface area contributed by atoms with Crippen molar-refractivity contribution in [2.24, 2.45) is 0 Å². The van der Waals surface area contributed by atoms with Crippen LogP contribution in [0.1, 0.15) is 16.8 Å². The summed E-state index contributed by atoms with van der Waals surface area (Å²) in [6, 6.07) is 11.8. The van der Waals surface area contributed by atoms with E-state index in [4.69, 9.17) is 21.1 Å². The maximum Gasteiger partial charge on any atom is 0.321 e. The van der Waals surface area contributed by atoms with Crippen LogP contribution < -0.4 is 14.8 Å². The van der Waals surface area contributed by atoms with Gasteiger partial charge in [-0.3, -0.25) is 14.9 Å². The Bertz CT molecular complexity index is 1160. The molecule has 2 atom stereocenters. The normalized spacial score (nSPS) is 22.4. The van der Waals surface area contributed by atoms with Crippen molar-refractivity contribution in [2.45, 2.75) is 18.0 Å². The molecule has 0 aliphatic carbocycles. The first-order chi connectivity index (χ1) is 14.0. The summed E-state index contributed by atoms with van der Waals surface area (Å²) in [5, 5.41) is 13.8. The Balaban J connectivity index is 1.82. The molecule has 3 heterocycles. The second kappa shape index (κ2) is 6.50. The quantitative estimate of drug-likeness (QED) is 0.569. The minimum absolute atomic E-state index is 0.0953. The van der Waals surface area contributed by atoms with E-state index >= 15 is 0 Å². The number of hydrogen-bond donors (Lipinski definition) is 3. The van der Waals surface area contributed by atoms with Crippen molar-refractivity contribution in [3.05, 3.63) is 59.3 Å². The summed E-state index contributed by atoms with van der Waals surface area (Å²) >= 11 is 6.03. The molecule has 2 aliphatic rings. The Morgan fingerprint density at radius 2 is 1.97 bits per heavy atom. The van der Waals surface area contributed by atoms with E-state index in [0.717, 1.165) is 16.5 Å². The summed E-state index contributed by atoms with van der Waals surface area (Å²) in [5.74, 6) is -0.598. The van der Waals surface area contributed by atoms with Crippen LogP contribution in [0.25, 0.3) is 10.9 Å². The number of ether oxygens (including phenoxy) is 2. The van der Waals surface area contributed by atoms with E-state index in [2.05, 4.69) is 10.3 Å². The number of para-hydroxylation sites is 1. The van der Waals surface area contributed by atoms with Gasteiger partial charge in [-0.1, -0.05) is 24.3 Å². The SMILES string of the molecule is O=C(O)[C@H]1Cc2c([nH]c3ccccc23)[C@@](C(=O)CCl)(c2ccc3c(c2)OCO3)N1. The third-order valence-corrected chi connectivity index (χ3v) is 5.87. The number of aliphatic carboxylic acids is 1. The molecule has 0 spiro atoms. The van der Waals surface area contributed by atoms with Gasteiger partial charge in [-0.25, -0.2) is 0 Å². The third kappa shape index (κ3) is 2.54. The van der Waals surface area contributed by atoms with E-state index in [1.165, 1.54) is 0 Å². The van der Waals surface area contributed by atoms with E-state index in [1.807, 2.05) is 24.3 Å². The lowest BCUT2D eigenvalue weighted by Crippen LogP contribution is -2.60. The molecule has 0 unspecified atom stereocenters. The van der Waals surface area contributed by atoms with Crippen LogP contribution in [0.2, 0.25) is 0 Å². The third-order valence-electron chi connectivity index (χ3n) is 5.63. The fourth-order valence-electron chi connectivity index (χ4n) is 4.31. The molecule has 2 aliphatic heterocycles. The highest BCUT2D eigenvalue weighted by molar-refractivity contribution is 6.29. The van der Waals surface area contributed by atoms with Crippen LogP contribution in [-0.4, -0.2) is 40.6 Å². The zero-order valence-corrected chi connectivity index (χ0v) is 16.0. The average Bonchev–Trinajstić information content (AvgIpc) is 3.36. The van der Waals surface area contributed by atoms with E-state index in [-0.39, 0.29) is 24.9 Å². The Morgan fingerprint density at radius 1 is 1.17 bits per heavy atom. The standard InChI is InChI=1S/C21H17ClN2O5/c22-9-18(25)21(11-5-6-16-17(7-11)29-10-28-16)19-13(8-15(24-21)20(26)27)12-3-1-2-4-14(12)23-19/h1-7,15,23-24H,8-10H2,(H,26,27)/t15-,21+/m1/s1. The van der Waals surface area contributed by atoms with Gasteiger partial charge in [0.1, 0.15) is 11.6 Å². The molecule has 3 N–H and O–H groups in total. The number of hydrogen-bond acceptors (Lipinski definition) is 5. The second-order valence-electron chi connectivity index (χ2n) is 7.14. The van der Waals surface area contributed by atoms with Crippen LogP contribution in [0.3, 0.4) is 0 Å². The first-order valence-corrected chi connectivity index (χ1v) is 9.68. The van der Waals surface area contributed by atoms with Crippen molar-refractivity contribution < 1.29 is 24.2 Å². The number of aromatic amines is 1. The van der Waals surface area contributed by atoms with E-state index < -0.39 is 17.6 Å². The Labute approximate surface area is 170 Å². The number of benzene rings is 2. The summed E-state index contributed by atoms with van der Waals surface area (Å²) in [5.41, 5.74) is 1.34. The summed E-state index contributed by atoms with van der Waals surface area (Å²) in [4.78, 5) is 28.6. The monoisotopic (exact) mass is 412 g/mol. The van der Waals surface area contributed by atoms with Gasteiger partial charge < -0.3 is 19.6 Å². The predicted molar refractivity (Wildman–Crippen MR) is 106 cm³/mol. The zero-order valence-electron chi connectivity index (χ0n) is 15.2. The molecule has 0 amide bonds. The van der Waals surface area contributed by atoms with Gasteiger partial charge >= 0.3 is 5.97 Å². The first kappa shape index (κ1) is 18.0. The van der Waals surface area contributed by atoms with Gasteiger partial charge in [-0.05, 0) is 29.3 Å². The molecule has 148 valence electrons. The van der Waals surface area contributed by atoms with Crippen LogP contribution >= 0.6 is 11.6 Å². The van der Waals surface area contributed by atoms with E-state index in [1.54, 1.807) is 18.2 Å². The molecule has 1 aromatic heterocycles. The molecule has 0 fully saturated rings. The number of halogens is 1. The molecule has 5 rings (SSSR count). The van der Waals surface area contributed by atoms with Crippen molar-refractivity contribution in [2.75, 3.05) is 12.7 Å². The lowest BCUT2D eigenvalue weighted by Gasteiger charge is -2.40. The van der Waals surface area contributed by atoms with Gasteiger partial charge in [-0.15, -0.1) is 11.6 Å². The number of carboxylic acids is 1. The molecule has 0 bridgehead atoms. The molecule has 29 heavy (non-hydrogen) atoms. The molecule has 3 aromatic rings. The van der Waals surface area contributed by atoms with Crippen molar-refractivity contribution in [1.82, 2.24) is 10.3 Å². The molecule has 7 nitrogen and oxygen atoms in total. The summed E-state index contributed by atoms with van der Waals surface area (Å²) in [6.45, 7) is 0.0953. The zero-order chi connectivity index (χ0) is 20.2. The predicted octanol–water partition coefficient (Wildman–Crippen LogP) is 2.55. The number of nitrogens with one attached hydrogen (secondary N) is 2. The van der Waals surface area contributed by atoms with Gasteiger partial charge in [0.2, 0.25) is 6.79 Å². The fraction of sp³-hybridized carbons (Fsp3) is 0.238. The molecule has 0 saturated heterocycles. The number of aromatic nitrogens is 1. The summed E-state index contributed by atoms with van der Waals surface area (Å²) in [7, 11) is 0. The van der Waals surface area contributed by atoms with Crippen molar-refractivity contribution in [1.29, 1.82) is 0 Å². The number of rotatable bonds is 4. The smallest absolute Gasteiger partial charge is 0.321 e. The van der Waals surface area contributed by atoms with Crippen LogP contribution in [0.15, 0.2) is 42.5 Å². The van der Waals surface area contributed by atoms with Crippen LogP contribution in [0.4, 0.5) is 0 Å². The van der Waals surface area contributed by atoms with Gasteiger partial charge in [0.15, 0.2) is 17.3 Å². The Morgan fingerprint density at radius 3 is 2.76 bits per heavy atom. The minimum Gasteiger partial charge on any atom is -0.480 e. The minimum atomic E-state index is -1.45. The van der Waals surface area contributed by atoms with E-state index in [0.29, 0.717) is 22.8 Å². The number of H-pyrrole nitrogens is 1. The van der Waals surface area contributed by atoms with Gasteiger partial charge in [0.25, 0.3) is 0 Å². The molecule has 8 heteroatoms. The van der Waals surface area contributed by atoms with E-state index in [9.17, 15) is 14.7 Å². The van der Waals surface area contributed by atoms with Gasteiger partial charge in [0, 0.05) is 17.3 Å². The molecule has 0 saturated carbocycles. The van der Waals surface area contributed by atoms with Gasteiger partial charge in [-0.2, -0.15) is 0 Å². The number of alkyl halides is 1. The number of fused-ring (bicyclic) bond motifs is 4. The largest absolute Gasteiger partial charge is 0.480 e. The number of ketones is 1. The van der Waals surface area contributed by atoms with Crippen LogP contribution in [0, 0.1) is 0 Å². The lowest BCUT2D eigenvalue weighted by molar-refractivity contribution is -0.140. The Kier molecular flexibility index (Phi) is 4.04. The highest BCUT2D eigenvalue weighted by atomic mass is 35.5. The number of carbonyl (C=O) groups is 2. The number of carboxylic acid groups (broad SMARTS) is 1. The molecule has 0 radical (unpaired) electrons. The molecule has 2 aromatic carbocycles. The van der Waals surface area contributed by atoms with Crippen molar-refractivity contribution in [3.63, 3.8) is 0 Å². The van der Waals surface area contributed by atoms with Crippen molar-refractivity contribution >= 4 is 34.3 Å². The maximum atomic E-state index is 13.3. The summed E-state index contributed by atoms with van der Waals surface area (Å²) < 4.78 is 10.9. The first-order valence-electron chi connectivity index (χ1n) is 9.14. The highest BCUT2D eigenvalue weighted by Crippen LogP contribution is 2.43. The maximum absolute atomic E-state index is 13.3. The van der Waals surface area contributed by atoms with Gasteiger partial charge in [0.05, 0.1) is 11.6 Å².